The molecule has 0 saturated heterocycles. The van der Waals surface area contributed by atoms with Gasteiger partial charge in [-0.25, -0.2) is 0 Å². The van der Waals surface area contributed by atoms with Crippen LogP contribution in [0.5, 0.6) is 0 Å². The largest absolute Gasteiger partial charge is 0.313 e. The fourth-order valence-electron chi connectivity index (χ4n) is 1.73. The predicted molar refractivity (Wildman–Crippen MR) is 73.0 cm³/mol. The van der Waals surface area contributed by atoms with Gasteiger partial charge in [0.1, 0.15) is 0 Å². The standard InChI is InChI=1S/C14H27N3/c1-6-8-15-10-13-11-16-17(12(13)2)9-7-14(3,4)5/h11,15H,6-10H2,1-5H3. The molecule has 0 amide bonds. The Bertz CT molecular complexity index is 334. The van der Waals surface area contributed by atoms with Gasteiger partial charge >= 0.3 is 0 Å². The zero-order valence-corrected chi connectivity index (χ0v) is 12.0. The van der Waals surface area contributed by atoms with Gasteiger partial charge in [0.2, 0.25) is 0 Å². The minimum atomic E-state index is 0.374. The van der Waals surface area contributed by atoms with E-state index in [9.17, 15) is 0 Å². The summed E-state index contributed by atoms with van der Waals surface area (Å²) < 4.78 is 2.13. The van der Waals surface area contributed by atoms with Gasteiger partial charge in [0.15, 0.2) is 0 Å². The van der Waals surface area contributed by atoms with Crippen molar-refractivity contribution in [2.45, 2.75) is 60.5 Å². The van der Waals surface area contributed by atoms with Crippen LogP contribution in [0, 0.1) is 12.3 Å². The summed E-state index contributed by atoms with van der Waals surface area (Å²) in [6, 6.07) is 0. The highest BCUT2D eigenvalue weighted by Crippen LogP contribution is 2.20. The molecule has 0 saturated carbocycles. The zero-order valence-electron chi connectivity index (χ0n) is 12.0. The van der Waals surface area contributed by atoms with Crippen LogP contribution in [0.3, 0.4) is 0 Å². The number of hydrogen-bond acceptors (Lipinski definition) is 2. The lowest BCUT2D eigenvalue weighted by Crippen LogP contribution is -2.15. The first-order valence-corrected chi connectivity index (χ1v) is 6.66. The summed E-state index contributed by atoms with van der Waals surface area (Å²) in [5.41, 5.74) is 3.00. The molecule has 3 heteroatoms. The van der Waals surface area contributed by atoms with Gasteiger partial charge in [-0.05, 0) is 31.7 Å². The first-order chi connectivity index (χ1) is 7.94. The van der Waals surface area contributed by atoms with Crippen molar-refractivity contribution in [2.75, 3.05) is 6.54 Å². The molecule has 98 valence electrons. The minimum Gasteiger partial charge on any atom is -0.313 e. The van der Waals surface area contributed by atoms with E-state index in [1.807, 2.05) is 6.20 Å². The van der Waals surface area contributed by atoms with Crippen LogP contribution >= 0.6 is 0 Å². The average Bonchev–Trinajstić information content (AvgIpc) is 2.57. The smallest absolute Gasteiger partial charge is 0.0537 e. The molecule has 0 radical (unpaired) electrons. The summed E-state index contributed by atoms with van der Waals surface area (Å²) in [5, 5.41) is 7.90. The topological polar surface area (TPSA) is 29.9 Å². The second kappa shape index (κ2) is 6.20. The number of hydrogen-bond donors (Lipinski definition) is 1. The summed E-state index contributed by atoms with van der Waals surface area (Å²) >= 11 is 0. The van der Waals surface area contributed by atoms with Crippen LogP contribution in [0.25, 0.3) is 0 Å². The van der Waals surface area contributed by atoms with Crippen LogP contribution in [0.2, 0.25) is 0 Å². The van der Waals surface area contributed by atoms with Gasteiger partial charge in [0.25, 0.3) is 0 Å². The Balaban J connectivity index is 2.52. The third-order valence-corrected chi connectivity index (χ3v) is 3.02. The van der Waals surface area contributed by atoms with Crippen LogP contribution in [0.4, 0.5) is 0 Å². The molecule has 0 aliphatic carbocycles. The van der Waals surface area contributed by atoms with Crippen LogP contribution in [0.15, 0.2) is 6.20 Å². The number of nitrogens with zero attached hydrogens (tertiary/aromatic N) is 2. The maximum absolute atomic E-state index is 4.47. The van der Waals surface area contributed by atoms with Crippen LogP contribution in [0.1, 0.15) is 51.8 Å². The van der Waals surface area contributed by atoms with E-state index in [2.05, 4.69) is 49.7 Å². The van der Waals surface area contributed by atoms with Crippen molar-refractivity contribution in [2.24, 2.45) is 5.41 Å². The molecule has 1 heterocycles. The third kappa shape index (κ3) is 4.90. The van der Waals surface area contributed by atoms with E-state index >= 15 is 0 Å². The van der Waals surface area contributed by atoms with Gasteiger partial charge in [-0.1, -0.05) is 27.7 Å². The normalized spacial score (nSPS) is 12.1. The Morgan fingerprint density at radius 2 is 2.06 bits per heavy atom. The Morgan fingerprint density at radius 3 is 2.65 bits per heavy atom. The molecule has 1 rings (SSSR count). The SMILES string of the molecule is CCCNCc1cnn(CCC(C)(C)C)c1C. The molecular formula is C14H27N3. The van der Waals surface area contributed by atoms with Crippen molar-refractivity contribution in [3.8, 4) is 0 Å². The lowest BCUT2D eigenvalue weighted by atomic mass is 9.92. The predicted octanol–water partition coefficient (Wildman–Crippen LogP) is 3.13. The van der Waals surface area contributed by atoms with E-state index in [0.29, 0.717) is 5.41 Å². The Labute approximate surface area is 106 Å². The average molecular weight is 237 g/mol. The first-order valence-electron chi connectivity index (χ1n) is 6.66. The fourth-order valence-corrected chi connectivity index (χ4v) is 1.73. The zero-order chi connectivity index (χ0) is 12.9. The molecule has 3 nitrogen and oxygen atoms in total. The van der Waals surface area contributed by atoms with Gasteiger partial charge in [0.05, 0.1) is 6.20 Å². The molecule has 0 bridgehead atoms. The fraction of sp³-hybridized carbons (Fsp3) is 0.786. The molecule has 0 atom stereocenters. The molecule has 0 aliphatic rings. The summed E-state index contributed by atoms with van der Waals surface area (Å²) in [6.07, 6.45) is 4.34. The molecule has 0 fully saturated rings. The molecular weight excluding hydrogens is 210 g/mol. The van der Waals surface area contributed by atoms with E-state index in [1.165, 1.54) is 17.7 Å². The second-order valence-corrected chi connectivity index (χ2v) is 5.97. The maximum atomic E-state index is 4.47. The third-order valence-electron chi connectivity index (χ3n) is 3.02. The highest BCUT2D eigenvalue weighted by atomic mass is 15.3. The molecule has 0 aliphatic heterocycles. The molecule has 1 N–H and O–H groups in total. The van der Waals surface area contributed by atoms with E-state index < -0.39 is 0 Å². The van der Waals surface area contributed by atoms with Crippen molar-refractivity contribution in [3.63, 3.8) is 0 Å². The summed E-state index contributed by atoms with van der Waals surface area (Å²) in [5.74, 6) is 0. The minimum absolute atomic E-state index is 0.374. The van der Waals surface area contributed by atoms with E-state index in [0.717, 1.165) is 26.1 Å². The summed E-state index contributed by atoms with van der Waals surface area (Å²) in [4.78, 5) is 0. The van der Waals surface area contributed by atoms with Crippen LogP contribution in [-0.2, 0) is 13.1 Å². The Hall–Kier alpha value is -0.830. The molecule has 17 heavy (non-hydrogen) atoms. The van der Waals surface area contributed by atoms with E-state index in [-0.39, 0.29) is 0 Å². The quantitative estimate of drug-likeness (QED) is 0.770. The monoisotopic (exact) mass is 237 g/mol. The van der Waals surface area contributed by atoms with Crippen molar-refractivity contribution in [1.82, 2.24) is 15.1 Å². The molecule has 1 aromatic heterocycles. The highest BCUT2D eigenvalue weighted by molar-refractivity contribution is 5.15. The number of aryl methyl sites for hydroxylation is 1. The Morgan fingerprint density at radius 1 is 1.35 bits per heavy atom. The molecule has 0 aromatic carbocycles. The van der Waals surface area contributed by atoms with Gasteiger partial charge in [-0.2, -0.15) is 5.10 Å². The highest BCUT2D eigenvalue weighted by Gasteiger charge is 2.12. The number of nitrogens with one attached hydrogen (secondary N) is 1. The molecule has 0 spiro atoms. The van der Waals surface area contributed by atoms with Gasteiger partial charge < -0.3 is 5.32 Å². The van der Waals surface area contributed by atoms with E-state index in [1.54, 1.807) is 0 Å². The van der Waals surface area contributed by atoms with Gasteiger partial charge in [-0.3, -0.25) is 4.68 Å². The second-order valence-electron chi connectivity index (χ2n) is 5.97. The van der Waals surface area contributed by atoms with Gasteiger partial charge in [0, 0.05) is 24.3 Å². The van der Waals surface area contributed by atoms with Crippen molar-refractivity contribution in [1.29, 1.82) is 0 Å². The lowest BCUT2D eigenvalue weighted by Gasteiger charge is -2.18. The van der Waals surface area contributed by atoms with Crippen LogP contribution < -0.4 is 5.32 Å². The summed E-state index contributed by atoms with van der Waals surface area (Å²) in [6.45, 7) is 14.2. The first kappa shape index (κ1) is 14.2. The molecule has 0 unspecified atom stereocenters. The Kier molecular flexibility index (Phi) is 5.19. The van der Waals surface area contributed by atoms with Crippen molar-refractivity contribution < 1.29 is 0 Å². The summed E-state index contributed by atoms with van der Waals surface area (Å²) in [7, 11) is 0. The number of aromatic nitrogens is 2. The van der Waals surface area contributed by atoms with Crippen LogP contribution in [-0.4, -0.2) is 16.3 Å². The lowest BCUT2D eigenvalue weighted by molar-refractivity contribution is 0.339. The maximum Gasteiger partial charge on any atom is 0.0537 e. The number of rotatable bonds is 6. The van der Waals surface area contributed by atoms with E-state index in [4.69, 9.17) is 0 Å². The van der Waals surface area contributed by atoms with Crippen molar-refractivity contribution >= 4 is 0 Å². The van der Waals surface area contributed by atoms with Gasteiger partial charge in [-0.15, -0.1) is 0 Å². The van der Waals surface area contributed by atoms with Crippen molar-refractivity contribution in [3.05, 3.63) is 17.5 Å². The molecule has 1 aromatic rings.